The molecule has 18 heavy (non-hydrogen) atoms. The molecule has 0 saturated carbocycles. The van der Waals surface area contributed by atoms with Gasteiger partial charge in [-0.25, -0.2) is 0 Å². The molecule has 0 spiro atoms. The van der Waals surface area contributed by atoms with Crippen molar-refractivity contribution in [3.8, 4) is 28.4 Å². The highest BCUT2D eigenvalue weighted by atomic mass is 16.3. The second-order valence-corrected chi connectivity index (χ2v) is 4.46. The predicted molar refractivity (Wildman–Crippen MR) is 71.1 cm³/mol. The fourth-order valence-corrected chi connectivity index (χ4v) is 2.14. The molecule has 2 aromatic carbocycles. The fraction of sp³-hybridized carbons (Fsp3) is 0.200. The van der Waals surface area contributed by atoms with Crippen LogP contribution in [0.2, 0.25) is 0 Å². The molecule has 0 aliphatic heterocycles. The van der Waals surface area contributed by atoms with E-state index in [1.807, 2.05) is 6.92 Å². The van der Waals surface area contributed by atoms with Crippen molar-refractivity contribution >= 4 is 0 Å². The van der Waals surface area contributed by atoms with E-state index in [4.69, 9.17) is 0 Å². The van der Waals surface area contributed by atoms with Crippen LogP contribution in [0.3, 0.4) is 0 Å². The van der Waals surface area contributed by atoms with Crippen LogP contribution in [-0.4, -0.2) is 15.3 Å². The first-order valence-corrected chi connectivity index (χ1v) is 5.75. The summed E-state index contributed by atoms with van der Waals surface area (Å²) in [6.07, 6.45) is 0. The van der Waals surface area contributed by atoms with Crippen LogP contribution in [0.5, 0.6) is 17.2 Å². The van der Waals surface area contributed by atoms with Crippen molar-refractivity contribution in [2.45, 2.75) is 20.8 Å². The van der Waals surface area contributed by atoms with Crippen LogP contribution in [0.15, 0.2) is 24.3 Å². The van der Waals surface area contributed by atoms with Gasteiger partial charge in [-0.15, -0.1) is 0 Å². The Morgan fingerprint density at radius 2 is 1.33 bits per heavy atom. The van der Waals surface area contributed by atoms with Crippen LogP contribution < -0.4 is 0 Å². The normalized spacial score (nSPS) is 10.6. The molecule has 94 valence electrons. The Morgan fingerprint density at radius 3 is 1.94 bits per heavy atom. The van der Waals surface area contributed by atoms with Gasteiger partial charge in [0, 0.05) is 16.7 Å². The zero-order chi connectivity index (χ0) is 13.4. The lowest BCUT2D eigenvalue weighted by Gasteiger charge is -2.16. The zero-order valence-electron chi connectivity index (χ0n) is 10.7. The Morgan fingerprint density at radius 1 is 0.722 bits per heavy atom. The highest BCUT2D eigenvalue weighted by molar-refractivity contribution is 5.81. The van der Waals surface area contributed by atoms with Crippen molar-refractivity contribution < 1.29 is 15.3 Å². The maximum Gasteiger partial charge on any atom is 0.130 e. The van der Waals surface area contributed by atoms with E-state index in [0.717, 1.165) is 5.56 Å². The molecule has 0 radical (unpaired) electrons. The zero-order valence-corrected chi connectivity index (χ0v) is 10.7. The minimum Gasteiger partial charge on any atom is -0.507 e. The number of aromatic hydroxyl groups is 3. The van der Waals surface area contributed by atoms with Crippen molar-refractivity contribution in [1.29, 1.82) is 0 Å². The molecule has 0 saturated heterocycles. The SMILES string of the molecule is Cc1c(C)c(-c2ccccc2O)c(O)c(C)c1O. The van der Waals surface area contributed by atoms with E-state index in [-0.39, 0.29) is 17.2 Å². The summed E-state index contributed by atoms with van der Waals surface area (Å²) in [5, 5.41) is 30.0. The first-order chi connectivity index (χ1) is 8.45. The molecule has 0 atom stereocenters. The molecule has 0 fully saturated rings. The highest BCUT2D eigenvalue weighted by Gasteiger charge is 2.19. The van der Waals surface area contributed by atoms with Crippen molar-refractivity contribution in [1.82, 2.24) is 0 Å². The van der Waals surface area contributed by atoms with E-state index >= 15 is 0 Å². The van der Waals surface area contributed by atoms with Crippen LogP contribution in [0.1, 0.15) is 16.7 Å². The summed E-state index contributed by atoms with van der Waals surface area (Å²) < 4.78 is 0. The number of hydrogen-bond acceptors (Lipinski definition) is 3. The summed E-state index contributed by atoms with van der Waals surface area (Å²) in [4.78, 5) is 0. The molecule has 0 heterocycles. The summed E-state index contributed by atoms with van der Waals surface area (Å²) in [6.45, 7) is 5.26. The smallest absolute Gasteiger partial charge is 0.130 e. The molecule has 3 N–H and O–H groups in total. The van der Waals surface area contributed by atoms with Gasteiger partial charge in [0.1, 0.15) is 17.2 Å². The van der Waals surface area contributed by atoms with Crippen molar-refractivity contribution in [3.63, 3.8) is 0 Å². The first-order valence-electron chi connectivity index (χ1n) is 5.75. The number of hydrogen-bond donors (Lipinski definition) is 3. The van der Waals surface area contributed by atoms with Crippen LogP contribution in [0.25, 0.3) is 11.1 Å². The molecule has 3 heteroatoms. The highest BCUT2D eigenvalue weighted by Crippen LogP contribution is 2.44. The standard InChI is InChI=1S/C15H16O3/c1-8-9(2)14(17)10(3)15(18)13(8)11-6-4-5-7-12(11)16/h4-7,16-18H,1-3H3. The Bertz CT molecular complexity index is 586. The first kappa shape index (κ1) is 12.3. The molecule has 3 nitrogen and oxygen atoms in total. The van der Waals surface area contributed by atoms with Gasteiger partial charge in [0.05, 0.1) is 0 Å². The van der Waals surface area contributed by atoms with E-state index in [1.165, 1.54) is 0 Å². The number of para-hydroxylation sites is 1. The van der Waals surface area contributed by atoms with Gasteiger partial charge in [-0.3, -0.25) is 0 Å². The Kier molecular flexibility index (Phi) is 2.91. The van der Waals surface area contributed by atoms with Gasteiger partial charge in [-0.2, -0.15) is 0 Å². The molecule has 0 aliphatic rings. The number of benzene rings is 2. The van der Waals surface area contributed by atoms with Gasteiger partial charge in [0.15, 0.2) is 0 Å². The van der Waals surface area contributed by atoms with Gasteiger partial charge in [-0.1, -0.05) is 18.2 Å². The maximum atomic E-state index is 10.2. The van der Waals surface area contributed by atoms with E-state index in [9.17, 15) is 15.3 Å². The third kappa shape index (κ3) is 1.68. The lowest BCUT2D eigenvalue weighted by molar-refractivity contribution is 0.440. The number of phenols is 3. The van der Waals surface area contributed by atoms with Gasteiger partial charge < -0.3 is 15.3 Å². The second-order valence-electron chi connectivity index (χ2n) is 4.46. The Balaban J connectivity index is 2.85. The molecular formula is C15H16O3. The average molecular weight is 244 g/mol. The van der Waals surface area contributed by atoms with Crippen molar-refractivity contribution in [3.05, 3.63) is 41.0 Å². The van der Waals surface area contributed by atoms with E-state index in [2.05, 4.69) is 0 Å². The van der Waals surface area contributed by atoms with Gasteiger partial charge in [-0.05, 0) is 38.0 Å². The molecular weight excluding hydrogens is 228 g/mol. The molecule has 0 unspecified atom stereocenters. The quantitative estimate of drug-likeness (QED) is 0.720. The minimum atomic E-state index is 0.0112. The maximum absolute atomic E-state index is 10.2. The lowest BCUT2D eigenvalue weighted by Crippen LogP contribution is -1.93. The molecule has 0 amide bonds. The van der Waals surface area contributed by atoms with Crippen molar-refractivity contribution in [2.24, 2.45) is 0 Å². The fourth-order valence-electron chi connectivity index (χ4n) is 2.14. The number of rotatable bonds is 1. The summed E-state index contributed by atoms with van der Waals surface area (Å²) in [5.74, 6) is 0.224. The second kappa shape index (κ2) is 4.26. The molecule has 2 aromatic rings. The predicted octanol–water partition coefficient (Wildman–Crippen LogP) is 3.40. The largest absolute Gasteiger partial charge is 0.507 e. The molecule has 0 bridgehead atoms. The topological polar surface area (TPSA) is 60.7 Å². The van der Waals surface area contributed by atoms with Gasteiger partial charge >= 0.3 is 0 Å². The monoisotopic (exact) mass is 244 g/mol. The summed E-state index contributed by atoms with van der Waals surface area (Å²) in [7, 11) is 0. The summed E-state index contributed by atoms with van der Waals surface area (Å²) >= 11 is 0. The molecule has 0 aromatic heterocycles. The van der Waals surface area contributed by atoms with Crippen LogP contribution in [0.4, 0.5) is 0 Å². The Labute approximate surface area is 106 Å². The lowest BCUT2D eigenvalue weighted by atomic mass is 9.92. The van der Waals surface area contributed by atoms with Gasteiger partial charge in [0.25, 0.3) is 0 Å². The van der Waals surface area contributed by atoms with Crippen LogP contribution in [0, 0.1) is 20.8 Å². The van der Waals surface area contributed by atoms with Crippen molar-refractivity contribution in [2.75, 3.05) is 0 Å². The number of phenolic OH excluding ortho intramolecular Hbond substituents is 3. The van der Waals surface area contributed by atoms with E-state index < -0.39 is 0 Å². The Hall–Kier alpha value is -2.16. The van der Waals surface area contributed by atoms with Gasteiger partial charge in [0.2, 0.25) is 0 Å². The third-order valence-electron chi connectivity index (χ3n) is 3.41. The molecule has 2 rings (SSSR count). The van der Waals surface area contributed by atoms with Crippen LogP contribution >= 0.6 is 0 Å². The average Bonchev–Trinajstić information content (AvgIpc) is 2.36. The third-order valence-corrected chi connectivity index (χ3v) is 3.41. The molecule has 0 aliphatic carbocycles. The summed E-state index contributed by atoms with van der Waals surface area (Å²) in [5.41, 5.74) is 3.04. The van der Waals surface area contributed by atoms with E-state index in [1.54, 1.807) is 38.1 Å². The summed E-state index contributed by atoms with van der Waals surface area (Å²) in [6, 6.07) is 6.84. The van der Waals surface area contributed by atoms with E-state index in [0.29, 0.717) is 22.3 Å². The minimum absolute atomic E-state index is 0.0112. The van der Waals surface area contributed by atoms with Crippen LogP contribution in [-0.2, 0) is 0 Å².